The predicted molar refractivity (Wildman–Crippen MR) is 105 cm³/mol. The number of ether oxygens (including phenoxy) is 2. The second-order valence-corrected chi connectivity index (χ2v) is 9.05. The van der Waals surface area contributed by atoms with Gasteiger partial charge in [-0.05, 0) is 43.7 Å². The zero-order valence-corrected chi connectivity index (χ0v) is 17.0. The fourth-order valence-corrected chi connectivity index (χ4v) is 4.00. The number of nitrogens with zero attached hydrogens (tertiary/aromatic N) is 1. The fraction of sp³-hybridized carbons (Fsp3) is 0.421. The molecule has 2 heterocycles. The highest BCUT2D eigenvalue weighted by molar-refractivity contribution is 7.89. The van der Waals surface area contributed by atoms with E-state index in [1.165, 1.54) is 18.3 Å². The molecule has 2 aromatic rings. The number of hydrogen-bond donors (Lipinski definition) is 1. The van der Waals surface area contributed by atoms with E-state index in [4.69, 9.17) is 21.1 Å². The largest absolute Gasteiger partial charge is 0.490 e. The quantitative estimate of drug-likeness (QED) is 0.732. The number of rotatable bonds is 7. The number of halogens is 2. The Hall–Kier alpha value is -1.74. The first kappa shape index (κ1) is 21.0. The van der Waals surface area contributed by atoms with Crippen LogP contribution in [0.2, 0.25) is 5.02 Å². The van der Waals surface area contributed by atoms with Gasteiger partial charge >= 0.3 is 0 Å². The van der Waals surface area contributed by atoms with Crippen molar-refractivity contribution in [2.75, 3.05) is 25.6 Å². The van der Waals surface area contributed by atoms with Crippen LogP contribution in [0.25, 0.3) is 11.3 Å². The standard InChI is InChI=1S/C19H22ClFN2O4S/c1-2-28(24,25)23-18-7-8-26-11-14(18)12-27-19-6-3-13(9-16(19)21)17-5-4-15(20)10-22-17/h3-6,9-10,14,18,23H,2,7-8,11-12H2,1H3/t14-,18+/m0/s1. The number of hydrogen-bond acceptors (Lipinski definition) is 5. The van der Waals surface area contributed by atoms with Crippen molar-refractivity contribution in [3.05, 3.63) is 47.4 Å². The summed E-state index contributed by atoms with van der Waals surface area (Å²) in [4.78, 5) is 4.17. The van der Waals surface area contributed by atoms with Gasteiger partial charge in [0.15, 0.2) is 11.6 Å². The van der Waals surface area contributed by atoms with Crippen molar-refractivity contribution >= 4 is 21.6 Å². The summed E-state index contributed by atoms with van der Waals surface area (Å²) < 4.78 is 52.0. The molecule has 0 bridgehead atoms. The minimum atomic E-state index is -3.33. The number of sulfonamides is 1. The number of aromatic nitrogens is 1. The average Bonchev–Trinajstić information content (AvgIpc) is 2.68. The molecule has 1 aliphatic heterocycles. The third-order valence-corrected chi connectivity index (χ3v) is 6.24. The zero-order chi connectivity index (χ0) is 20.1. The van der Waals surface area contributed by atoms with Crippen LogP contribution in [0.15, 0.2) is 36.5 Å². The minimum absolute atomic E-state index is 0.00670. The summed E-state index contributed by atoms with van der Waals surface area (Å²) in [6.07, 6.45) is 2.05. The molecule has 28 heavy (non-hydrogen) atoms. The Balaban J connectivity index is 1.67. The van der Waals surface area contributed by atoms with Crippen LogP contribution >= 0.6 is 11.6 Å². The molecule has 0 unspecified atom stereocenters. The van der Waals surface area contributed by atoms with E-state index in [2.05, 4.69) is 9.71 Å². The fourth-order valence-electron chi connectivity index (χ4n) is 2.95. The van der Waals surface area contributed by atoms with Crippen molar-refractivity contribution in [1.82, 2.24) is 9.71 Å². The topological polar surface area (TPSA) is 77.5 Å². The van der Waals surface area contributed by atoms with Gasteiger partial charge in [0.25, 0.3) is 0 Å². The molecule has 0 amide bonds. The molecule has 1 aliphatic rings. The van der Waals surface area contributed by atoms with Crippen LogP contribution in [0.5, 0.6) is 5.75 Å². The normalized spacial score (nSPS) is 20.1. The zero-order valence-electron chi connectivity index (χ0n) is 15.4. The number of pyridine rings is 1. The summed E-state index contributed by atoms with van der Waals surface area (Å²) in [7, 11) is -3.33. The number of nitrogens with one attached hydrogen (secondary N) is 1. The summed E-state index contributed by atoms with van der Waals surface area (Å²) in [6, 6.07) is 7.70. The van der Waals surface area contributed by atoms with Crippen molar-refractivity contribution in [3.8, 4) is 17.0 Å². The monoisotopic (exact) mass is 428 g/mol. The highest BCUT2D eigenvalue weighted by Crippen LogP contribution is 2.26. The van der Waals surface area contributed by atoms with Crippen molar-refractivity contribution in [1.29, 1.82) is 0 Å². The maximum atomic E-state index is 14.5. The van der Waals surface area contributed by atoms with Gasteiger partial charge in [-0.1, -0.05) is 11.6 Å². The van der Waals surface area contributed by atoms with E-state index < -0.39 is 15.8 Å². The van der Waals surface area contributed by atoms with Crippen LogP contribution in [-0.4, -0.2) is 45.0 Å². The van der Waals surface area contributed by atoms with Crippen molar-refractivity contribution < 1.29 is 22.3 Å². The molecule has 3 rings (SSSR count). The lowest BCUT2D eigenvalue weighted by Crippen LogP contribution is -2.48. The van der Waals surface area contributed by atoms with Gasteiger partial charge in [0.2, 0.25) is 10.0 Å². The molecule has 2 atom stereocenters. The van der Waals surface area contributed by atoms with Gasteiger partial charge < -0.3 is 9.47 Å². The molecule has 1 fully saturated rings. The molecular weight excluding hydrogens is 407 g/mol. The Morgan fingerprint density at radius 2 is 2.18 bits per heavy atom. The lowest BCUT2D eigenvalue weighted by Gasteiger charge is -2.31. The third-order valence-electron chi connectivity index (χ3n) is 4.59. The molecule has 1 aromatic carbocycles. The Bertz CT molecular complexity index is 909. The average molecular weight is 429 g/mol. The van der Waals surface area contributed by atoms with E-state index in [0.717, 1.165) is 0 Å². The van der Waals surface area contributed by atoms with E-state index in [1.807, 2.05) is 0 Å². The van der Waals surface area contributed by atoms with Gasteiger partial charge in [-0.15, -0.1) is 0 Å². The van der Waals surface area contributed by atoms with E-state index in [9.17, 15) is 12.8 Å². The molecule has 1 aromatic heterocycles. The molecule has 0 saturated carbocycles. The first-order valence-corrected chi connectivity index (χ1v) is 11.0. The molecule has 6 nitrogen and oxygen atoms in total. The number of benzene rings is 1. The van der Waals surface area contributed by atoms with Gasteiger partial charge in [0.1, 0.15) is 0 Å². The van der Waals surface area contributed by atoms with Crippen LogP contribution < -0.4 is 9.46 Å². The molecule has 1 N–H and O–H groups in total. The first-order chi connectivity index (χ1) is 13.4. The lowest BCUT2D eigenvalue weighted by atomic mass is 9.98. The molecule has 1 saturated heterocycles. The second kappa shape index (κ2) is 9.17. The molecule has 0 radical (unpaired) electrons. The second-order valence-electron chi connectivity index (χ2n) is 6.57. The smallest absolute Gasteiger partial charge is 0.211 e. The highest BCUT2D eigenvalue weighted by atomic mass is 35.5. The molecule has 152 valence electrons. The lowest BCUT2D eigenvalue weighted by molar-refractivity contribution is 0.0180. The van der Waals surface area contributed by atoms with Crippen LogP contribution in [0.3, 0.4) is 0 Å². The first-order valence-electron chi connectivity index (χ1n) is 9.00. The summed E-state index contributed by atoms with van der Waals surface area (Å²) in [5.41, 5.74) is 1.21. The third kappa shape index (κ3) is 5.41. The van der Waals surface area contributed by atoms with E-state index >= 15 is 0 Å². The maximum Gasteiger partial charge on any atom is 0.211 e. The Morgan fingerprint density at radius 3 is 2.86 bits per heavy atom. The van der Waals surface area contributed by atoms with Crippen LogP contribution in [0, 0.1) is 11.7 Å². The van der Waals surface area contributed by atoms with Crippen LogP contribution in [-0.2, 0) is 14.8 Å². The molecule has 9 heteroatoms. The highest BCUT2D eigenvalue weighted by Gasteiger charge is 2.29. The minimum Gasteiger partial charge on any atom is -0.490 e. The van der Waals surface area contributed by atoms with Crippen molar-refractivity contribution in [2.45, 2.75) is 19.4 Å². The summed E-state index contributed by atoms with van der Waals surface area (Å²) in [5, 5.41) is 0.507. The van der Waals surface area contributed by atoms with Crippen molar-refractivity contribution in [3.63, 3.8) is 0 Å². The summed E-state index contributed by atoms with van der Waals surface area (Å²) in [6.45, 7) is 2.56. The van der Waals surface area contributed by atoms with Crippen LogP contribution in [0.4, 0.5) is 4.39 Å². The molecule has 0 spiro atoms. The van der Waals surface area contributed by atoms with Gasteiger partial charge in [-0.25, -0.2) is 17.5 Å². The Morgan fingerprint density at radius 1 is 1.36 bits per heavy atom. The maximum absolute atomic E-state index is 14.5. The SMILES string of the molecule is CCS(=O)(=O)N[C@@H]1CCOC[C@H]1COc1ccc(-c2ccc(Cl)cn2)cc1F. The van der Waals surface area contributed by atoms with Gasteiger partial charge in [-0.3, -0.25) is 4.98 Å². The van der Waals surface area contributed by atoms with Gasteiger partial charge in [0, 0.05) is 30.3 Å². The molecule has 0 aliphatic carbocycles. The summed E-state index contributed by atoms with van der Waals surface area (Å²) in [5.74, 6) is -0.614. The Kier molecular flexibility index (Phi) is 6.87. The van der Waals surface area contributed by atoms with E-state index in [-0.39, 0.29) is 30.1 Å². The van der Waals surface area contributed by atoms with E-state index in [0.29, 0.717) is 35.9 Å². The van der Waals surface area contributed by atoms with Gasteiger partial charge in [0.05, 0.1) is 29.7 Å². The van der Waals surface area contributed by atoms with Gasteiger partial charge in [-0.2, -0.15) is 0 Å². The summed E-state index contributed by atoms with van der Waals surface area (Å²) >= 11 is 5.82. The molecular formula is C19H22ClFN2O4S. The van der Waals surface area contributed by atoms with Crippen LogP contribution in [0.1, 0.15) is 13.3 Å². The van der Waals surface area contributed by atoms with E-state index in [1.54, 1.807) is 25.1 Å². The van der Waals surface area contributed by atoms with Crippen molar-refractivity contribution in [2.24, 2.45) is 5.92 Å². The predicted octanol–water partition coefficient (Wildman–Crippen LogP) is 3.26. The Labute approximate surface area is 169 Å².